The first kappa shape index (κ1) is 21.1. The van der Waals surface area contributed by atoms with Gasteiger partial charge in [0.2, 0.25) is 5.91 Å². The highest BCUT2D eigenvalue weighted by molar-refractivity contribution is 9.10. The van der Waals surface area contributed by atoms with E-state index in [4.69, 9.17) is 0 Å². The molecule has 0 unspecified atom stereocenters. The van der Waals surface area contributed by atoms with Gasteiger partial charge in [-0.2, -0.15) is 0 Å². The van der Waals surface area contributed by atoms with Crippen LogP contribution in [0.4, 0.5) is 11.4 Å². The molecule has 0 aromatic heterocycles. The lowest BCUT2D eigenvalue weighted by atomic mass is 10.1. The summed E-state index contributed by atoms with van der Waals surface area (Å²) in [7, 11) is -3.92. The molecule has 0 saturated heterocycles. The van der Waals surface area contributed by atoms with Crippen molar-refractivity contribution >= 4 is 43.2 Å². The number of benzene rings is 3. The lowest BCUT2D eigenvalue weighted by Gasteiger charge is -2.26. The summed E-state index contributed by atoms with van der Waals surface area (Å²) in [5.41, 5.74) is 2.87. The molecule has 0 radical (unpaired) electrons. The number of halogens is 1. The molecule has 29 heavy (non-hydrogen) atoms. The molecular formula is C22H21BrN2O3S. The first-order valence-corrected chi connectivity index (χ1v) is 11.2. The quantitative estimate of drug-likeness (QED) is 0.554. The molecule has 3 aromatic carbocycles. The van der Waals surface area contributed by atoms with Gasteiger partial charge in [-0.1, -0.05) is 51.8 Å². The van der Waals surface area contributed by atoms with E-state index in [0.717, 1.165) is 19.9 Å². The predicted octanol–water partition coefficient (Wildman–Crippen LogP) is 4.90. The summed E-state index contributed by atoms with van der Waals surface area (Å²) < 4.78 is 28.7. The molecule has 1 amide bonds. The average Bonchev–Trinajstić information content (AvgIpc) is 2.69. The number of aryl methyl sites for hydroxylation is 2. The second-order valence-electron chi connectivity index (χ2n) is 6.67. The second kappa shape index (κ2) is 8.80. The highest BCUT2D eigenvalue weighted by Gasteiger charge is 2.28. The lowest BCUT2D eigenvalue weighted by Crippen LogP contribution is -2.38. The Labute approximate surface area is 179 Å². The van der Waals surface area contributed by atoms with Crippen LogP contribution in [0.1, 0.15) is 11.1 Å². The fourth-order valence-corrected chi connectivity index (χ4v) is 4.74. The van der Waals surface area contributed by atoms with Crippen LogP contribution in [0.2, 0.25) is 0 Å². The van der Waals surface area contributed by atoms with Crippen molar-refractivity contribution in [2.45, 2.75) is 18.7 Å². The van der Waals surface area contributed by atoms with Gasteiger partial charge in [-0.05, 0) is 61.9 Å². The first-order chi connectivity index (χ1) is 13.8. The zero-order valence-corrected chi connectivity index (χ0v) is 18.5. The Bertz CT molecular complexity index is 1110. The van der Waals surface area contributed by atoms with E-state index in [9.17, 15) is 13.2 Å². The van der Waals surface area contributed by atoms with Crippen molar-refractivity contribution in [3.8, 4) is 0 Å². The maximum absolute atomic E-state index is 13.3. The van der Waals surface area contributed by atoms with Crippen LogP contribution in [0.5, 0.6) is 0 Å². The third-order valence-corrected chi connectivity index (χ3v) is 6.67. The Hall–Kier alpha value is -2.64. The molecule has 0 bridgehead atoms. The summed E-state index contributed by atoms with van der Waals surface area (Å²) in [5.74, 6) is -0.424. The fraction of sp³-hybridized carbons (Fsp3) is 0.136. The van der Waals surface area contributed by atoms with Gasteiger partial charge in [0.25, 0.3) is 10.0 Å². The molecule has 0 aliphatic rings. The van der Waals surface area contributed by atoms with Crippen LogP contribution in [0.25, 0.3) is 0 Å². The molecule has 150 valence electrons. The van der Waals surface area contributed by atoms with Crippen molar-refractivity contribution in [3.63, 3.8) is 0 Å². The van der Waals surface area contributed by atoms with Gasteiger partial charge in [-0.25, -0.2) is 8.42 Å². The molecule has 0 fully saturated rings. The second-order valence-corrected chi connectivity index (χ2v) is 9.45. The maximum Gasteiger partial charge on any atom is 0.264 e. The molecule has 3 aromatic rings. The number of carbonyl (C=O) groups is 1. The van der Waals surface area contributed by atoms with Gasteiger partial charge in [0, 0.05) is 10.2 Å². The Balaban J connectivity index is 1.96. The number of hydrogen-bond acceptors (Lipinski definition) is 3. The van der Waals surface area contributed by atoms with E-state index in [0.29, 0.717) is 11.4 Å². The molecule has 0 spiro atoms. The summed E-state index contributed by atoms with van der Waals surface area (Å²) >= 11 is 3.35. The van der Waals surface area contributed by atoms with Crippen LogP contribution in [0.15, 0.2) is 82.2 Å². The van der Waals surface area contributed by atoms with Gasteiger partial charge in [0.15, 0.2) is 0 Å². The van der Waals surface area contributed by atoms with Crippen molar-refractivity contribution in [2.75, 3.05) is 16.2 Å². The molecule has 0 atom stereocenters. The van der Waals surface area contributed by atoms with E-state index in [1.807, 2.05) is 26.0 Å². The maximum atomic E-state index is 13.3. The third kappa shape index (κ3) is 5.05. The Morgan fingerprint density at radius 3 is 2.24 bits per heavy atom. The number of hydrogen-bond donors (Lipinski definition) is 1. The predicted molar refractivity (Wildman–Crippen MR) is 120 cm³/mol. The van der Waals surface area contributed by atoms with E-state index >= 15 is 0 Å². The van der Waals surface area contributed by atoms with Crippen molar-refractivity contribution in [3.05, 3.63) is 88.4 Å². The van der Waals surface area contributed by atoms with E-state index in [2.05, 4.69) is 21.2 Å². The van der Waals surface area contributed by atoms with Crippen molar-refractivity contribution in [1.82, 2.24) is 0 Å². The molecular weight excluding hydrogens is 452 g/mol. The van der Waals surface area contributed by atoms with Gasteiger partial charge in [0.1, 0.15) is 6.54 Å². The topological polar surface area (TPSA) is 66.5 Å². The number of anilines is 2. The number of amides is 1. The third-order valence-electron chi connectivity index (χ3n) is 4.37. The summed E-state index contributed by atoms with van der Waals surface area (Å²) in [6.07, 6.45) is 0. The van der Waals surface area contributed by atoms with E-state index < -0.39 is 15.9 Å². The number of carbonyl (C=O) groups excluding carboxylic acids is 1. The van der Waals surface area contributed by atoms with Gasteiger partial charge in [-0.3, -0.25) is 9.10 Å². The van der Waals surface area contributed by atoms with Crippen LogP contribution >= 0.6 is 15.9 Å². The zero-order valence-electron chi connectivity index (χ0n) is 16.1. The van der Waals surface area contributed by atoms with Gasteiger partial charge < -0.3 is 5.32 Å². The van der Waals surface area contributed by atoms with Crippen LogP contribution in [-0.2, 0) is 14.8 Å². The lowest BCUT2D eigenvalue weighted by molar-refractivity contribution is -0.114. The number of sulfonamides is 1. The summed E-state index contributed by atoms with van der Waals surface area (Å²) in [5, 5.41) is 2.76. The van der Waals surface area contributed by atoms with Crippen molar-refractivity contribution < 1.29 is 13.2 Å². The Kier molecular flexibility index (Phi) is 6.39. The number of nitrogens with one attached hydrogen (secondary N) is 1. The molecule has 7 heteroatoms. The molecule has 1 N–H and O–H groups in total. The van der Waals surface area contributed by atoms with Gasteiger partial charge >= 0.3 is 0 Å². The number of nitrogens with zero attached hydrogens (tertiary/aromatic N) is 1. The van der Waals surface area contributed by atoms with Gasteiger partial charge in [-0.15, -0.1) is 0 Å². The van der Waals surface area contributed by atoms with Crippen LogP contribution < -0.4 is 9.62 Å². The highest BCUT2D eigenvalue weighted by Crippen LogP contribution is 2.27. The van der Waals surface area contributed by atoms with Crippen molar-refractivity contribution in [1.29, 1.82) is 0 Å². The minimum Gasteiger partial charge on any atom is -0.325 e. The smallest absolute Gasteiger partial charge is 0.264 e. The van der Waals surface area contributed by atoms with E-state index in [-0.39, 0.29) is 11.4 Å². The van der Waals surface area contributed by atoms with E-state index in [1.165, 1.54) is 12.1 Å². The SMILES string of the molecule is Cc1ccc(N(CC(=O)Nc2ccc(Br)cc2)S(=O)(=O)c2ccccc2)c(C)c1. The minimum atomic E-state index is -3.92. The Morgan fingerprint density at radius 2 is 1.62 bits per heavy atom. The monoisotopic (exact) mass is 472 g/mol. The minimum absolute atomic E-state index is 0.136. The van der Waals surface area contributed by atoms with Crippen molar-refractivity contribution in [2.24, 2.45) is 0 Å². The van der Waals surface area contributed by atoms with E-state index in [1.54, 1.807) is 48.5 Å². The summed E-state index contributed by atoms with van der Waals surface area (Å²) in [6.45, 7) is 3.44. The average molecular weight is 473 g/mol. The molecule has 0 aliphatic carbocycles. The highest BCUT2D eigenvalue weighted by atomic mass is 79.9. The fourth-order valence-electron chi connectivity index (χ4n) is 2.97. The van der Waals surface area contributed by atoms with Crippen LogP contribution in [0, 0.1) is 13.8 Å². The standard InChI is InChI=1S/C22H21BrN2O3S/c1-16-8-13-21(17(2)14-16)25(29(27,28)20-6-4-3-5-7-20)15-22(26)24-19-11-9-18(23)10-12-19/h3-14H,15H2,1-2H3,(H,24,26). The molecule has 3 rings (SSSR count). The molecule has 0 heterocycles. The van der Waals surface area contributed by atoms with Crippen LogP contribution in [0.3, 0.4) is 0 Å². The van der Waals surface area contributed by atoms with Gasteiger partial charge in [0.05, 0.1) is 10.6 Å². The summed E-state index contributed by atoms with van der Waals surface area (Å²) in [6, 6.07) is 20.7. The normalized spacial score (nSPS) is 11.1. The molecule has 5 nitrogen and oxygen atoms in total. The molecule has 0 saturated carbocycles. The largest absolute Gasteiger partial charge is 0.325 e. The summed E-state index contributed by atoms with van der Waals surface area (Å²) in [4.78, 5) is 12.8. The molecule has 0 aliphatic heterocycles. The van der Waals surface area contributed by atoms with Crippen LogP contribution in [-0.4, -0.2) is 20.9 Å². The zero-order chi connectivity index (χ0) is 21.0. The Morgan fingerprint density at radius 1 is 0.966 bits per heavy atom. The first-order valence-electron chi connectivity index (χ1n) is 8.98. The number of rotatable bonds is 6.